The minimum absolute atomic E-state index is 0.138. The fraction of sp³-hybridized carbons (Fsp3) is 0.974. The number of aliphatic hydroxyl groups excluding tert-OH is 4. The molecule has 0 aromatic carbocycles. The van der Waals surface area contributed by atoms with Crippen molar-refractivity contribution in [3.8, 4) is 0 Å². The van der Waals surface area contributed by atoms with Crippen LogP contribution in [-0.4, -0.2) is 155 Å². The Hall–Kier alpha value is -1.01. The molecule has 306 valence electrons. The van der Waals surface area contributed by atoms with Gasteiger partial charge in [-0.15, -0.1) is 0 Å². The molecule has 3 aliphatic rings. The van der Waals surface area contributed by atoms with Gasteiger partial charge in [0.25, 0.3) is 0 Å². The molecular weight excluding hydrogens is 678 g/mol. The summed E-state index contributed by atoms with van der Waals surface area (Å²) in [5, 5.41) is 57.3. The van der Waals surface area contributed by atoms with E-state index in [9.17, 15) is 30.3 Å². The standard InChI is InChI=1S/C38H71NO13/c1-15-26-38(10,45)31(42)21(4)28(40)19(2)17-37(9,47-14)33(52-35-29(41)25(39(11)12)16-20(3)48-35)22(5)30(23(6)34(44)50-26)51-27-18-36(8,46-13)32(43)24(7)49-27/h19-33,35,40-43,45H,15-18H2,1-14H3/t19-,20-,21+,22+,23-,24+,25+,26-,27+,28+,29-,30+,31-,32+,33-,35+,36-,37-,38-/m1/s1. The lowest BCUT2D eigenvalue weighted by molar-refractivity contribution is -0.320. The molecule has 0 spiro atoms. The number of nitrogens with zero attached hydrogens (tertiary/aromatic N) is 1. The molecule has 0 radical (unpaired) electrons. The molecule has 0 saturated carbocycles. The fourth-order valence-electron chi connectivity index (χ4n) is 8.76. The molecule has 0 amide bonds. The molecule has 0 aromatic rings. The third kappa shape index (κ3) is 9.50. The monoisotopic (exact) mass is 749 g/mol. The second-order valence-corrected chi connectivity index (χ2v) is 16.9. The van der Waals surface area contributed by atoms with Gasteiger partial charge >= 0.3 is 5.97 Å². The number of hydrogen-bond acceptors (Lipinski definition) is 14. The number of methoxy groups -OCH3 is 2. The van der Waals surface area contributed by atoms with Crippen LogP contribution in [0.3, 0.4) is 0 Å². The molecule has 3 saturated heterocycles. The predicted octanol–water partition coefficient (Wildman–Crippen LogP) is 2.23. The van der Waals surface area contributed by atoms with E-state index in [4.69, 9.17) is 33.2 Å². The number of cyclic esters (lactones) is 1. The van der Waals surface area contributed by atoms with E-state index in [-0.39, 0.29) is 31.4 Å². The maximum Gasteiger partial charge on any atom is 0.311 e. The Balaban J connectivity index is 2.22. The Morgan fingerprint density at radius 2 is 1.42 bits per heavy atom. The van der Waals surface area contributed by atoms with Gasteiger partial charge in [0, 0.05) is 38.5 Å². The molecular formula is C38H71NO13. The molecule has 0 bridgehead atoms. The van der Waals surface area contributed by atoms with Gasteiger partial charge in [-0.25, -0.2) is 0 Å². The molecule has 0 aromatic heterocycles. The number of rotatable bonds is 8. The number of esters is 1. The van der Waals surface area contributed by atoms with Crippen LogP contribution in [0.25, 0.3) is 0 Å². The van der Waals surface area contributed by atoms with Gasteiger partial charge in [0.1, 0.15) is 23.9 Å². The van der Waals surface area contributed by atoms with Gasteiger partial charge in [-0.1, -0.05) is 27.7 Å². The van der Waals surface area contributed by atoms with E-state index in [1.807, 2.05) is 46.7 Å². The zero-order valence-electron chi connectivity index (χ0n) is 34.0. The average Bonchev–Trinajstić information content (AvgIpc) is 3.09. The van der Waals surface area contributed by atoms with E-state index in [0.717, 1.165) is 0 Å². The molecule has 5 N–H and O–H groups in total. The van der Waals surface area contributed by atoms with E-state index < -0.39 is 108 Å². The van der Waals surface area contributed by atoms with Gasteiger partial charge in [-0.2, -0.15) is 0 Å². The first kappa shape index (κ1) is 45.4. The van der Waals surface area contributed by atoms with Crippen molar-refractivity contribution in [3.05, 3.63) is 0 Å². The quantitative estimate of drug-likeness (QED) is 0.228. The lowest BCUT2D eigenvalue weighted by atomic mass is 9.73. The van der Waals surface area contributed by atoms with Crippen molar-refractivity contribution in [3.63, 3.8) is 0 Å². The summed E-state index contributed by atoms with van der Waals surface area (Å²) in [6.07, 6.45) is -9.40. The van der Waals surface area contributed by atoms with Crippen LogP contribution < -0.4 is 0 Å². The molecule has 19 atom stereocenters. The van der Waals surface area contributed by atoms with Gasteiger partial charge in [-0.05, 0) is 80.8 Å². The average molecular weight is 750 g/mol. The maximum atomic E-state index is 14.2. The number of hydrogen-bond donors (Lipinski definition) is 5. The molecule has 3 aliphatic heterocycles. The summed E-state index contributed by atoms with van der Waals surface area (Å²) >= 11 is 0. The van der Waals surface area contributed by atoms with E-state index in [1.165, 1.54) is 21.1 Å². The van der Waals surface area contributed by atoms with Crippen molar-refractivity contribution in [1.29, 1.82) is 0 Å². The van der Waals surface area contributed by atoms with E-state index in [1.54, 1.807) is 34.6 Å². The second kappa shape index (κ2) is 17.8. The summed E-state index contributed by atoms with van der Waals surface area (Å²) in [5.74, 6) is -3.69. The van der Waals surface area contributed by atoms with Crippen LogP contribution in [0.1, 0.15) is 94.9 Å². The normalized spacial score (nSPS) is 50.4. The van der Waals surface area contributed by atoms with Gasteiger partial charge in [0.2, 0.25) is 0 Å². The Bertz CT molecular complexity index is 1140. The number of likely N-dealkylation sites (N-methyl/N-ethyl adjacent to an activating group) is 1. The molecule has 14 heteroatoms. The summed E-state index contributed by atoms with van der Waals surface area (Å²) in [7, 11) is 6.82. The Morgan fingerprint density at radius 3 is 1.96 bits per heavy atom. The van der Waals surface area contributed by atoms with Crippen molar-refractivity contribution >= 4 is 5.97 Å². The fourth-order valence-corrected chi connectivity index (χ4v) is 8.76. The van der Waals surface area contributed by atoms with Crippen molar-refractivity contribution in [2.24, 2.45) is 23.7 Å². The molecule has 3 fully saturated rings. The van der Waals surface area contributed by atoms with Gasteiger partial charge < -0.3 is 63.6 Å². The maximum absolute atomic E-state index is 14.2. The molecule has 0 unspecified atom stereocenters. The number of ether oxygens (including phenoxy) is 7. The zero-order chi connectivity index (χ0) is 39.7. The lowest BCUT2D eigenvalue weighted by Crippen LogP contribution is -2.61. The first-order valence-corrected chi connectivity index (χ1v) is 19.0. The Kier molecular flexibility index (Phi) is 15.6. The van der Waals surface area contributed by atoms with Gasteiger partial charge in [0.15, 0.2) is 12.6 Å². The van der Waals surface area contributed by atoms with Crippen molar-refractivity contribution in [2.45, 2.75) is 185 Å². The van der Waals surface area contributed by atoms with Crippen molar-refractivity contribution in [1.82, 2.24) is 4.90 Å². The topological polar surface area (TPSA) is 186 Å². The van der Waals surface area contributed by atoms with E-state index in [2.05, 4.69) is 0 Å². The summed E-state index contributed by atoms with van der Waals surface area (Å²) in [6.45, 7) is 17.4. The predicted molar refractivity (Wildman–Crippen MR) is 192 cm³/mol. The van der Waals surface area contributed by atoms with Crippen LogP contribution in [0.5, 0.6) is 0 Å². The first-order valence-electron chi connectivity index (χ1n) is 19.0. The molecule has 3 rings (SSSR count). The van der Waals surface area contributed by atoms with E-state index >= 15 is 0 Å². The minimum Gasteiger partial charge on any atom is -0.459 e. The van der Waals surface area contributed by atoms with Crippen LogP contribution in [0, 0.1) is 23.7 Å². The largest absolute Gasteiger partial charge is 0.459 e. The van der Waals surface area contributed by atoms with Gasteiger partial charge in [0.05, 0.1) is 53.7 Å². The summed E-state index contributed by atoms with van der Waals surface area (Å²) in [5.41, 5.74) is -4.11. The Labute approximate surface area is 311 Å². The smallest absolute Gasteiger partial charge is 0.311 e. The number of carbonyl (C=O) groups is 1. The number of aliphatic hydroxyl groups is 5. The van der Waals surface area contributed by atoms with E-state index in [0.29, 0.717) is 6.42 Å². The molecule has 52 heavy (non-hydrogen) atoms. The first-order chi connectivity index (χ1) is 24.0. The van der Waals surface area contributed by atoms with Crippen LogP contribution in [0.4, 0.5) is 0 Å². The van der Waals surface area contributed by atoms with Crippen molar-refractivity contribution in [2.75, 3.05) is 28.3 Å². The zero-order valence-corrected chi connectivity index (χ0v) is 34.0. The Morgan fingerprint density at radius 1 is 0.827 bits per heavy atom. The summed E-state index contributed by atoms with van der Waals surface area (Å²) < 4.78 is 44.0. The molecule has 3 heterocycles. The van der Waals surface area contributed by atoms with Crippen LogP contribution in [0.15, 0.2) is 0 Å². The second-order valence-electron chi connectivity index (χ2n) is 16.9. The third-order valence-electron chi connectivity index (χ3n) is 12.5. The third-order valence-corrected chi connectivity index (χ3v) is 12.5. The minimum atomic E-state index is -1.90. The lowest BCUT2D eigenvalue weighted by Gasteiger charge is -2.50. The van der Waals surface area contributed by atoms with Gasteiger partial charge in [-0.3, -0.25) is 4.79 Å². The summed E-state index contributed by atoms with van der Waals surface area (Å²) in [4.78, 5) is 16.1. The highest BCUT2D eigenvalue weighted by Gasteiger charge is 2.54. The molecule has 0 aliphatic carbocycles. The van der Waals surface area contributed by atoms with Crippen molar-refractivity contribution < 1.29 is 63.5 Å². The van der Waals surface area contributed by atoms with Crippen LogP contribution in [-0.2, 0) is 38.0 Å². The molecule has 14 nitrogen and oxygen atoms in total. The SMILES string of the molecule is CC[C@H]1OC(=O)[C@H](C)[C@@H](O[C@H]2C[C@@](C)(OC)[C@@H](O)[C@H](C)O2)[C@H](C)[C@@H](O[C@@H]2O[C@H](C)C[C@H](N(C)C)[C@H]2O)[C@](C)(OC)C[C@@H](C)[C@H](O)[C@H](C)[C@@H](O)[C@]1(C)O. The highest BCUT2D eigenvalue weighted by atomic mass is 16.7. The number of carbonyl (C=O) groups excluding carboxylic acids is 1. The van der Waals surface area contributed by atoms with Crippen LogP contribution >= 0.6 is 0 Å². The summed E-state index contributed by atoms with van der Waals surface area (Å²) in [6, 6.07) is -0.269. The highest BCUT2D eigenvalue weighted by molar-refractivity contribution is 5.73. The van der Waals surface area contributed by atoms with Crippen LogP contribution in [0.2, 0.25) is 0 Å². The highest BCUT2D eigenvalue weighted by Crippen LogP contribution is 2.42.